The Morgan fingerprint density at radius 2 is 1.89 bits per heavy atom. The van der Waals surface area contributed by atoms with Crippen molar-refractivity contribution in [3.05, 3.63) is 0 Å². The zero-order valence-corrected chi connectivity index (χ0v) is 11.9. The van der Waals surface area contributed by atoms with Crippen molar-refractivity contribution in [3.8, 4) is 0 Å². The Morgan fingerprint density at radius 3 is 2.33 bits per heavy atom. The molecular formula is C11H22N2O4S. The van der Waals surface area contributed by atoms with E-state index in [1.165, 1.54) is 4.31 Å². The number of nitrogens with one attached hydrogen (secondary N) is 1. The second-order valence-corrected chi connectivity index (χ2v) is 7.09. The van der Waals surface area contributed by atoms with Crippen LogP contribution in [0.25, 0.3) is 0 Å². The quantitative estimate of drug-likeness (QED) is 0.773. The normalized spacial score (nSPS) is 27.9. The number of hydrogen-bond donors (Lipinski definition) is 2. The third-order valence-corrected chi connectivity index (χ3v) is 4.68. The van der Waals surface area contributed by atoms with Crippen LogP contribution in [0.3, 0.4) is 0 Å². The van der Waals surface area contributed by atoms with Gasteiger partial charge in [0.05, 0.1) is 6.42 Å². The van der Waals surface area contributed by atoms with Gasteiger partial charge in [-0.15, -0.1) is 0 Å². The average molecular weight is 278 g/mol. The summed E-state index contributed by atoms with van der Waals surface area (Å²) in [6.45, 7) is 6.61. The molecule has 18 heavy (non-hydrogen) atoms. The van der Waals surface area contributed by atoms with Crippen molar-refractivity contribution >= 4 is 16.2 Å². The van der Waals surface area contributed by atoms with Crippen molar-refractivity contribution < 1.29 is 18.3 Å². The molecule has 7 heteroatoms. The second kappa shape index (κ2) is 5.99. The highest BCUT2D eigenvalue weighted by molar-refractivity contribution is 7.87. The highest BCUT2D eigenvalue weighted by Crippen LogP contribution is 2.22. The molecule has 0 amide bonds. The number of aliphatic carboxylic acids is 1. The molecule has 1 rings (SSSR count). The predicted octanol–water partition coefficient (Wildman–Crippen LogP) is 0.662. The maximum atomic E-state index is 12.1. The van der Waals surface area contributed by atoms with Crippen molar-refractivity contribution in [2.24, 2.45) is 11.8 Å². The van der Waals surface area contributed by atoms with Gasteiger partial charge < -0.3 is 5.11 Å². The lowest BCUT2D eigenvalue weighted by atomic mass is 9.94. The Bertz CT molecular complexity index is 386. The maximum Gasteiger partial charge on any atom is 0.304 e. The van der Waals surface area contributed by atoms with E-state index in [1.54, 1.807) is 6.92 Å². The minimum absolute atomic E-state index is 0.210. The van der Waals surface area contributed by atoms with Crippen LogP contribution in [0.2, 0.25) is 0 Å². The zero-order valence-electron chi connectivity index (χ0n) is 11.1. The molecule has 3 unspecified atom stereocenters. The van der Waals surface area contributed by atoms with Gasteiger partial charge in [-0.05, 0) is 25.2 Å². The van der Waals surface area contributed by atoms with E-state index in [9.17, 15) is 13.2 Å². The Labute approximate surface area is 109 Å². The monoisotopic (exact) mass is 278 g/mol. The van der Waals surface area contributed by atoms with Gasteiger partial charge >= 0.3 is 5.97 Å². The summed E-state index contributed by atoms with van der Waals surface area (Å²) in [4.78, 5) is 10.5. The molecule has 2 N–H and O–H groups in total. The van der Waals surface area contributed by atoms with Gasteiger partial charge in [-0.25, -0.2) is 0 Å². The van der Waals surface area contributed by atoms with E-state index in [1.807, 2.05) is 13.8 Å². The molecule has 0 aliphatic carbocycles. The minimum Gasteiger partial charge on any atom is -0.481 e. The molecule has 106 valence electrons. The SMILES string of the molecule is CC1CC(C)CN(S(=O)(=O)NC(C)CC(=O)O)C1. The summed E-state index contributed by atoms with van der Waals surface area (Å²) >= 11 is 0. The summed E-state index contributed by atoms with van der Waals surface area (Å²) in [5.74, 6) is -0.342. The van der Waals surface area contributed by atoms with Crippen LogP contribution in [-0.4, -0.2) is 42.9 Å². The van der Waals surface area contributed by atoms with Crippen molar-refractivity contribution in [2.75, 3.05) is 13.1 Å². The van der Waals surface area contributed by atoms with Crippen molar-refractivity contribution in [3.63, 3.8) is 0 Å². The second-order valence-electron chi connectivity index (χ2n) is 5.38. The van der Waals surface area contributed by atoms with Gasteiger partial charge in [0.15, 0.2) is 0 Å². The standard InChI is InChI=1S/C11H22N2O4S/c1-8-4-9(2)7-13(6-8)18(16,17)12-10(3)5-11(14)15/h8-10,12H,4-7H2,1-3H3,(H,14,15). The van der Waals surface area contributed by atoms with Gasteiger partial charge in [-0.2, -0.15) is 17.4 Å². The summed E-state index contributed by atoms with van der Waals surface area (Å²) in [6.07, 6.45) is 0.814. The number of rotatable bonds is 5. The first-order valence-corrected chi connectivity index (χ1v) is 7.64. The average Bonchev–Trinajstić information content (AvgIpc) is 2.13. The van der Waals surface area contributed by atoms with Crippen LogP contribution in [0.4, 0.5) is 0 Å². The van der Waals surface area contributed by atoms with Gasteiger partial charge in [-0.3, -0.25) is 4.79 Å². The van der Waals surface area contributed by atoms with E-state index in [-0.39, 0.29) is 6.42 Å². The molecule has 0 saturated carbocycles. The Kier molecular flexibility index (Phi) is 5.12. The molecule has 0 aromatic rings. The molecule has 0 bridgehead atoms. The first-order valence-electron chi connectivity index (χ1n) is 6.20. The summed E-state index contributed by atoms with van der Waals surface area (Å²) in [5.41, 5.74) is 0. The van der Waals surface area contributed by atoms with E-state index in [0.717, 1.165) is 6.42 Å². The Morgan fingerprint density at radius 1 is 1.39 bits per heavy atom. The number of hydrogen-bond acceptors (Lipinski definition) is 3. The lowest BCUT2D eigenvalue weighted by molar-refractivity contribution is -0.137. The molecule has 1 fully saturated rings. The molecule has 0 radical (unpaired) electrons. The first-order chi connectivity index (χ1) is 8.20. The van der Waals surface area contributed by atoms with Gasteiger partial charge in [0.25, 0.3) is 10.2 Å². The molecule has 3 atom stereocenters. The number of carboxylic acid groups (broad SMARTS) is 1. The van der Waals surface area contributed by atoms with Crippen LogP contribution in [0, 0.1) is 11.8 Å². The van der Waals surface area contributed by atoms with Crippen LogP contribution in [0.5, 0.6) is 0 Å². The van der Waals surface area contributed by atoms with Gasteiger partial charge in [0, 0.05) is 19.1 Å². The fraction of sp³-hybridized carbons (Fsp3) is 0.909. The summed E-state index contributed by atoms with van der Waals surface area (Å²) < 4.78 is 28.0. The van der Waals surface area contributed by atoms with E-state index in [4.69, 9.17) is 5.11 Å². The van der Waals surface area contributed by atoms with Crippen molar-refractivity contribution in [2.45, 2.75) is 39.7 Å². The zero-order chi connectivity index (χ0) is 13.9. The predicted molar refractivity (Wildman–Crippen MR) is 68.3 cm³/mol. The number of piperidine rings is 1. The van der Waals surface area contributed by atoms with Gasteiger partial charge in [-0.1, -0.05) is 13.8 Å². The summed E-state index contributed by atoms with van der Waals surface area (Å²) in [6, 6.07) is -0.597. The topological polar surface area (TPSA) is 86.7 Å². The molecule has 1 aliphatic heterocycles. The fourth-order valence-corrected chi connectivity index (χ4v) is 4.08. The maximum absolute atomic E-state index is 12.1. The van der Waals surface area contributed by atoms with Gasteiger partial charge in [0.1, 0.15) is 0 Å². The first kappa shape index (κ1) is 15.4. The highest BCUT2D eigenvalue weighted by Gasteiger charge is 2.31. The minimum atomic E-state index is -3.57. The van der Waals surface area contributed by atoms with E-state index in [0.29, 0.717) is 24.9 Å². The number of carboxylic acids is 1. The molecule has 1 saturated heterocycles. The highest BCUT2D eigenvalue weighted by atomic mass is 32.2. The van der Waals surface area contributed by atoms with E-state index < -0.39 is 22.2 Å². The summed E-state index contributed by atoms with van der Waals surface area (Å²) in [5, 5.41) is 8.63. The van der Waals surface area contributed by atoms with Crippen LogP contribution in [0.15, 0.2) is 0 Å². The third-order valence-electron chi connectivity index (χ3n) is 3.01. The number of nitrogens with zero attached hydrogens (tertiary/aromatic N) is 1. The van der Waals surface area contributed by atoms with Crippen LogP contribution in [-0.2, 0) is 15.0 Å². The van der Waals surface area contributed by atoms with Crippen LogP contribution in [0.1, 0.15) is 33.6 Å². The third kappa shape index (κ3) is 4.55. The summed E-state index contributed by atoms with van der Waals surface area (Å²) in [7, 11) is -3.57. The molecule has 1 aliphatic rings. The Balaban J connectivity index is 2.65. The van der Waals surface area contributed by atoms with E-state index >= 15 is 0 Å². The molecule has 6 nitrogen and oxygen atoms in total. The van der Waals surface area contributed by atoms with Crippen LogP contribution >= 0.6 is 0 Å². The van der Waals surface area contributed by atoms with Crippen molar-refractivity contribution in [1.82, 2.24) is 9.03 Å². The lowest BCUT2D eigenvalue weighted by Crippen LogP contribution is -2.50. The largest absolute Gasteiger partial charge is 0.481 e. The molecule has 1 heterocycles. The lowest BCUT2D eigenvalue weighted by Gasteiger charge is -2.34. The van der Waals surface area contributed by atoms with Gasteiger partial charge in [0.2, 0.25) is 0 Å². The smallest absolute Gasteiger partial charge is 0.304 e. The molecule has 0 spiro atoms. The Hall–Kier alpha value is -0.660. The van der Waals surface area contributed by atoms with Crippen LogP contribution < -0.4 is 4.72 Å². The molecule has 0 aromatic carbocycles. The van der Waals surface area contributed by atoms with Crippen molar-refractivity contribution in [1.29, 1.82) is 0 Å². The molecular weight excluding hydrogens is 256 g/mol. The fourth-order valence-electron chi connectivity index (χ4n) is 2.43. The number of carbonyl (C=O) groups is 1. The molecule has 0 aromatic heterocycles. The van der Waals surface area contributed by atoms with E-state index in [2.05, 4.69) is 4.72 Å².